The molecule has 2 N–H and O–H groups in total. The van der Waals surface area contributed by atoms with Gasteiger partial charge in [-0.2, -0.15) is 0 Å². The summed E-state index contributed by atoms with van der Waals surface area (Å²) >= 11 is 5.89. The van der Waals surface area contributed by atoms with Crippen molar-refractivity contribution in [3.05, 3.63) is 77.1 Å². The molecular formula is C31H33ClFN3O3. The van der Waals surface area contributed by atoms with Crippen molar-refractivity contribution in [1.82, 2.24) is 10.2 Å². The van der Waals surface area contributed by atoms with E-state index >= 15 is 0 Å². The van der Waals surface area contributed by atoms with Crippen molar-refractivity contribution in [2.45, 2.75) is 50.1 Å². The van der Waals surface area contributed by atoms with Crippen molar-refractivity contribution in [2.24, 2.45) is 0 Å². The number of hydrogen-bond acceptors (Lipinski definition) is 5. The molecule has 0 bridgehead atoms. The summed E-state index contributed by atoms with van der Waals surface area (Å²) in [6.07, 6.45) is 7.05. The number of anilines is 1. The summed E-state index contributed by atoms with van der Waals surface area (Å²) in [6.45, 7) is 2.39. The molecule has 2 fully saturated rings. The molecule has 1 saturated heterocycles. The van der Waals surface area contributed by atoms with Crippen molar-refractivity contribution >= 4 is 23.2 Å². The van der Waals surface area contributed by atoms with E-state index in [0.29, 0.717) is 11.7 Å². The lowest BCUT2D eigenvalue weighted by Crippen LogP contribution is -2.54. The van der Waals surface area contributed by atoms with Crippen LogP contribution in [0.25, 0.3) is 11.1 Å². The molecule has 1 aliphatic carbocycles. The van der Waals surface area contributed by atoms with Crippen LogP contribution in [-0.4, -0.2) is 43.3 Å². The molecular weight excluding hydrogens is 517 g/mol. The van der Waals surface area contributed by atoms with Gasteiger partial charge in [0.2, 0.25) is 12.7 Å². The highest BCUT2D eigenvalue weighted by molar-refractivity contribution is 6.31. The molecule has 2 aliphatic heterocycles. The van der Waals surface area contributed by atoms with Gasteiger partial charge in [-0.15, -0.1) is 0 Å². The summed E-state index contributed by atoms with van der Waals surface area (Å²) in [5.74, 6) is 0.841. The van der Waals surface area contributed by atoms with Gasteiger partial charge in [0.05, 0.1) is 11.6 Å². The van der Waals surface area contributed by atoms with Crippen LogP contribution in [0.5, 0.6) is 11.5 Å². The summed E-state index contributed by atoms with van der Waals surface area (Å²) in [7, 11) is 0. The van der Waals surface area contributed by atoms with Crippen molar-refractivity contribution in [2.75, 3.05) is 31.7 Å². The second-order valence-electron chi connectivity index (χ2n) is 10.7. The molecule has 6 nitrogen and oxygen atoms in total. The summed E-state index contributed by atoms with van der Waals surface area (Å²) in [5.41, 5.74) is 3.50. The van der Waals surface area contributed by atoms with Gasteiger partial charge in [-0.05, 0) is 72.7 Å². The van der Waals surface area contributed by atoms with Gasteiger partial charge in [0.1, 0.15) is 5.82 Å². The number of halogens is 2. The number of nitrogens with zero attached hydrogens (tertiary/aromatic N) is 1. The lowest BCUT2D eigenvalue weighted by atomic mass is 9.79. The summed E-state index contributed by atoms with van der Waals surface area (Å²) < 4.78 is 24.5. The summed E-state index contributed by atoms with van der Waals surface area (Å²) in [6, 6.07) is 19.5. The number of piperidine rings is 1. The molecule has 204 valence electrons. The summed E-state index contributed by atoms with van der Waals surface area (Å²) in [5, 5.41) is 6.44. The van der Waals surface area contributed by atoms with Crippen LogP contribution in [0.1, 0.15) is 44.1 Å². The van der Waals surface area contributed by atoms with Crippen molar-refractivity contribution in [3.63, 3.8) is 0 Å². The Kier molecular flexibility index (Phi) is 7.47. The molecule has 0 radical (unpaired) electrons. The Morgan fingerprint density at radius 3 is 2.41 bits per heavy atom. The SMILES string of the molecule is O=C(CNC1(c2ccc(-c3ccc4c(c3)OCO4)cc2)CCN(C2CCCC2)CC1)Nc1ccc(F)c(Cl)c1. The normalized spacial score (nSPS) is 18.8. The maximum Gasteiger partial charge on any atom is 0.238 e. The highest BCUT2D eigenvalue weighted by atomic mass is 35.5. The van der Waals surface area contributed by atoms with Crippen LogP contribution in [0.2, 0.25) is 5.02 Å². The van der Waals surface area contributed by atoms with E-state index < -0.39 is 5.82 Å². The van der Waals surface area contributed by atoms with E-state index in [0.717, 1.165) is 48.6 Å². The molecule has 3 aliphatic rings. The number of amides is 1. The quantitative estimate of drug-likeness (QED) is 0.360. The van der Waals surface area contributed by atoms with Crippen LogP contribution < -0.4 is 20.1 Å². The highest BCUT2D eigenvalue weighted by Crippen LogP contribution is 2.39. The number of ether oxygens (including phenoxy) is 2. The highest BCUT2D eigenvalue weighted by Gasteiger charge is 2.38. The molecule has 3 aromatic rings. The first-order valence-corrected chi connectivity index (χ1v) is 14.1. The Hall–Kier alpha value is -3.13. The maximum absolute atomic E-state index is 13.5. The Morgan fingerprint density at radius 1 is 0.949 bits per heavy atom. The second kappa shape index (κ2) is 11.2. The van der Waals surface area contributed by atoms with Crippen LogP contribution in [0.15, 0.2) is 60.7 Å². The van der Waals surface area contributed by atoms with E-state index in [-0.39, 0.29) is 29.8 Å². The van der Waals surface area contributed by atoms with Crippen LogP contribution in [0, 0.1) is 5.82 Å². The Balaban J connectivity index is 1.19. The third-order valence-electron chi connectivity index (χ3n) is 8.43. The minimum atomic E-state index is -0.509. The maximum atomic E-state index is 13.5. The van der Waals surface area contributed by atoms with E-state index in [2.05, 4.69) is 39.8 Å². The molecule has 3 aromatic carbocycles. The monoisotopic (exact) mass is 549 g/mol. The molecule has 6 rings (SSSR count). The number of likely N-dealkylation sites (tertiary alicyclic amines) is 1. The molecule has 39 heavy (non-hydrogen) atoms. The van der Waals surface area contributed by atoms with Crippen LogP contribution in [0.3, 0.4) is 0 Å². The number of rotatable bonds is 7. The molecule has 0 aromatic heterocycles. The summed E-state index contributed by atoms with van der Waals surface area (Å²) in [4.78, 5) is 15.5. The third kappa shape index (κ3) is 5.62. The standard InChI is InChI=1S/C31H33ClFN3O3/c32-26-18-24(10-11-27(26)33)35-30(37)19-34-31(13-15-36(16-14-31)25-3-1-2-4-25)23-8-5-21(6-9-23)22-7-12-28-29(17-22)39-20-38-28/h5-12,17-18,25,34H,1-4,13-16,19-20H2,(H,35,37). The number of benzene rings is 3. The Bertz CT molecular complexity index is 1340. The van der Waals surface area contributed by atoms with Gasteiger partial charge >= 0.3 is 0 Å². The van der Waals surface area contributed by atoms with E-state index in [4.69, 9.17) is 21.1 Å². The number of carbonyl (C=O) groups is 1. The fourth-order valence-electron chi connectivity index (χ4n) is 6.19. The van der Waals surface area contributed by atoms with Gasteiger partial charge < -0.3 is 19.7 Å². The minimum Gasteiger partial charge on any atom is -0.454 e. The largest absolute Gasteiger partial charge is 0.454 e. The number of fused-ring (bicyclic) bond motifs is 1. The van der Waals surface area contributed by atoms with Crippen molar-refractivity contribution < 1.29 is 18.7 Å². The zero-order valence-corrected chi connectivity index (χ0v) is 22.6. The van der Waals surface area contributed by atoms with Gasteiger partial charge in [-0.3, -0.25) is 10.1 Å². The molecule has 0 spiro atoms. The molecule has 0 atom stereocenters. The first kappa shape index (κ1) is 26.1. The van der Waals surface area contributed by atoms with E-state index in [1.54, 1.807) is 0 Å². The van der Waals surface area contributed by atoms with Gasteiger partial charge in [0, 0.05) is 30.4 Å². The molecule has 0 unspecified atom stereocenters. The fraction of sp³-hybridized carbons (Fsp3) is 0.387. The van der Waals surface area contributed by atoms with Crippen LogP contribution in [-0.2, 0) is 10.3 Å². The lowest BCUT2D eigenvalue weighted by Gasteiger charge is -2.45. The smallest absolute Gasteiger partial charge is 0.238 e. The van der Waals surface area contributed by atoms with E-state index in [1.807, 2.05) is 18.2 Å². The molecule has 2 heterocycles. The van der Waals surface area contributed by atoms with Gasteiger partial charge in [-0.25, -0.2) is 4.39 Å². The van der Waals surface area contributed by atoms with E-state index in [1.165, 1.54) is 49.4 Å². The Morgan fingerprint density at radius 2 is 1.67 bits per heavy atom. The topological polar surface area (TPSA) is 62.8 Å². The molecule has 8 heteroatoms. The zero-order chi connectivity index (χ0) is 26.8. The minimum absolute atomic E-state index is 0.0148. The lowest BCUT2D eigenvalue weighted by molar-refractivity contribution is -0.116. The predicted octanol–water partition coefficient (Wildman–Crippen LogP) is 6.34. The first-order valence-electron chi connectivity index (χ1n) is 13.7. The average Bonchev–Trinajstić information content (AvgIpc) is 3.67. The van der Waals surface area contributed by atoms with Crippen molar-refractivity contribution in [1.29, 1.82) is 0 Å². The predicted molar refractivity (Wildman–Crippen MR) is 151 cm³/mol. The third-order valence-corrected chi connectivity index (χ3v) is 8.72. The van der Waals surface area contributed by atoms with Gasteiger partial charge in [-0.1, -0.05) is 54.8 Å². The zero-order valence-electron chi connectivity index (χ0n) is 21.8. The molecule has 1 saturated carbocycles. The molecule has 1 amide bonds. The van der Waals surface area contributed by atoms with Gasteiger partial charge in [0.25, 0.3) is 0 Å². The second-order valence-corrected chi connectivity index (χ2v) is 11.1. The number of nitrogens with one attached hydrogen (secondary N) is 2. The Labute approximate surface area is 233 Å². The average molecular weight is 550 g/mol. The number of hydrogen-bond donors (Lipinski definition) is 2. The van der Waals surface area contributed by atoms with Crippen molar-refractivity contribution in [3.8, 4) is 22.6 Å². The number of carbonyl (C=O) groups excluding carboxylic acids is 1. The first-order chi connectivity index (χ1) is 19.0. The fourth-order valence-corrected chi connectivity index (χ4v) is 6.37. The van der Waals surface area contributed by atoms with Gasteiger partial charge in [0.15, 0.2) is 11.5 Å². The van der Waals surface area contributed by atoms with Crippen LogP contribution >= 0.6 is 11.6 Å². The van der Waals surface area contributed by atoms with E-state index in [9.17, 15) is 9.18 Å². The van der Waals surface area contributed by atoms with Crippen LogP contribution in [0.4, 0.5) is 10.1 Å².